The van der Waals surface area contributed by atoms with Crippen molar-refractivity contribution in [3.8, 4) is 5.75 Å². The number of methoxy groups -OCH3 is 1. The van der Waals surface area contributed by atoms with Crippen molar-refractivity contribution >= 4 is 28.2 Å². The first-order valence-corrected chi connectivity index (χ1v) is 12.1. The number of nitrogens with zero attached hydrogens (tertiary/aromatic N) is 2. The molecule has 188 valence electrons. The van der Waals surface area contributed by atoms with E-state index in [4.69, 9.17) is 4.74 Å². The quantitative estimate of drug-likeness (QED) is 0.297. The fraction of sp³-hybridized carbons (Fsp3) is 0.333. The summed E-state index contributed by atoms with van der Waals surface area (Å²) >= 11 is 0. The summed E-state index contributed by atoms with van der Waals surface area (Å²) in [5, 5.41) is 13.5. The number of likely N-dealkylation sites (tertiary alicyclic amines) is 1. The Hall–Kier alpha value is -3.64. The Balaban J connectivity index is 1.96. The molecule has 1 N–H and O–H groups in total. The highest BCUT2D eigenvalue weighted by Crippen LogP contribution is 2.42. The normalized spacial score (nSPS) is 17.9. The number of hydrogen-bond acceptors (Lipinski definition) is 5. The summed E-state index contributed by atoms with van der Waals surface area (Å²) in [6.45, 7) is 7.13. The number of fused-ring (bicyclic) bond motifs is 1. The maximum Gasteiger partial charge on any atom is 0.295 e. The van der Waals surface area contributed by atoms with Crippen LogP contribution in [0, 0.1) is 0 Å². The van der Waals surface area contributed by atoms with Crippen LogP contribution >= 0.6 is 0 Å². The molecule has 36 heavy (non-hydrogen) atoms. The average molecular weight is 487 g/mol. The number of carbonyl (C=O) groups is 2. The molecule has 6 heteroatoms. The third-order valence-corrected chi connectivity index (χ3v) is 6.73. The Morgan fingerprint density at radius 3 is 2.39 bits per heavy atom. The average Bonchev–Trinajstić information content (AvgIpc) is 3.10. The van der Waals surface area contributed by atoms with Crippen LogP contribution in [0.4, 0.5) is 0 Å². The minimum Gasteiger partial charge on any atom is -0.507 e. The first kappa shape index (κ1) is 25.5. The number of benzene rings is 3. The molecule has 0 aromatic heterocycles. The number of aliphatic hydroxyl groups excluding tert-OH is 1. The Labute approximate surface area is 212 Å². The van der Waals surface area contributed by atoms with E-state index in [1.54, 1.807) is 24.1 Å². The largest absolute Gasteiger partial charge is 0.507 e. The highest BCUT2D eigenvalue weighted by molar-refractivity contribution is 6.46. The van der Waals surface area contributed by atoms with Gasteiger partial charge in [0.05, 0.1) is 18.7 Å². The Morgan fingerprint density at radius 1 is 1.03 bits per heavy atom. The molecule has 0 radical (unpaired) electrons. The lowest BCUT2D eigenvalue weighted by atomic mass is 9.84. The SMILES string of the molecule is COc1ccc(/C(O)=C2\C(=O)C(=O)N(CCN(C)C)C2c2cccc3ccccc23)cc1C(C)(C)C. The topological polar surface area (TPSA) is 70.1 Å². The first-order valence-electron chi connectivity index (χ1n) is 12.1. The van der Waals surface area contributed by atoms with Crippen molar-refractivity contribution in [2.24, 2.45) is 0 Å². The molecule has 3 aromatic rings. The molecule has 1 unspecified atom stereocenters. The second kappa shape index (κ2) is 9.78. The Bertz CT molecular complexity index is 1350. The first-order chi connectivity index (χ1) is 17.0. The van der Waals surface area contributed by atoms with Crippen molar-refractivity contribution in [2.45, 2.75) is 32.2 Å². The number of ether oxygens (including phenoxy) is 1. The third kappa shape index (κ3) is 4.61. The summed E-state index contributed by atoms with van der Waals surface area (Å²) in [5.74, 6) is -0.735. The Morgan fingerprint density at radius 2 is 1.72 bits per heavy atom. The van der Waals surface area contributed by atoms with Crippen LogP contribution < -0.4 is 4.74 Å². The van der Waals surface area contributed by atoms with Crippen LogP contribution in [0.2, 0.25) is 0 Å². The third-order valence-electron chi connectivity index (χ3n) is 6.73. The minimum absolute atomic E-state index is 0.111. The Kier molecular flexibility index (Phi) is 6.92. The highest BCUT2D eigenvalue weighted by atomic mass is 16.5. The zero-order valence-corrected chi connectivity index (χ0v) is 21.8. The number of ketones is 1. The van der Waals surface area contributed by atoms with Gasteiger partial charge in [-0.05, 0) is 54.0 Å². The van der Waals surface area contributed by atoms with E-state index in [9.17, 15) is 14.7 Å². The molecule has 1 atom stereocenters. The number of likely N-dealkylation sites (N-methyl/N-ethyl adjacent to an activating group) is 1. The fourth-order valence-electron chi connectivity index (χ4n) is 4.83. The second-order valence-corrected chi connectivity index (χ2v) is 10.5. The van der Waals surface area contributed by atoms with Gasteiger partial charge in [0.2, 0.25) is 0 Å². The predicted octanol–water partition coefficient (Wildman–Crippen LogP) is 5.13. The number of aliphatic hydroxyl groups is 1. The van der Waals surface area contributed by atoms with Crippen molar-refractivity contribution in [1.29, 1.82) is 0 Å². The lowest BCUT2D eigenvalue weighted by Crippen LogP contribution is -2.35. The number of carbonyl (C=O) groups excluding carboxylic acids is 2. The van der Waals surface area contributed by atoms with E-state index in [1.165, 1.54) is 0 Å². The molecule has 1 saturated heterocycles. The van der Waals surface area contributed by atoms with Gasteiger partial charge in [-0.3, -0.25) is 9.59 Å². The second-order valence-electron chi connectivity index (χ2n) is 10.5. The molecule has 1 aliphatic heterocycles. The molecule has 1 heterocycles. The van der Waals surface area contributed by atoms with Crippen LogP contribution in [0.1, 0.15) is 43.5 Å². The van der Waals surface area contributed by atoms with Gasteiger partial charge >= 0.3 is 0 Å². The summed E-state index contributed by atoms with van der Waals surface area (Å²) in [6, 6.07) is 18.4. The molecular weight excluding hydrogens is 452 g/mol. The lowest BCUT2D eigenvalue weighted by molar-refractivity contribution is -0.140. The number of Topliss-reactive ketones (excluding diaryl/α,β-unsaturated/α-hetero) is 1. The zero-order chi connectivity index (χ0) is 26.2. The van der Waals surface area contributed by atoms with E-state index in [2.05, 4.69) is 20.8 Å². The van der Waals surface area contributed by atoms with E-state index < -0.39 is 17.7 Å². The number of hydrogen-bond donors (Lipinski definition) is 1. The molecule has 4 rings (SSSR count). The smallest absolute Gasteiger partial charge is 0.295 e. The molecule has 0 saturated carbocycles. The molecule has 6 nitrogen and oxygen atoms in total. The van der Waals surface area contributed by atoms with Crippen molar-refractivity contribution in [1.82, 2.24) is 9.80 Å². The van der Waals surface area contributed by atoms with Crippen LogP contribution in [-0.2, 0) is 15.0 Å². The van der Waals surface area contributed by atoms with Gasteiger partial charge in [0.25, 0.3) is 11.7 Å². The van der Waals surface area contributed by atoms with Crippen LogP contribution in [0.25, 0.3) is 16.5 Å². The van der Waals surface area contributed by atoms with Gasteiger partial charge in [-0.1, -0.05) is 63.2 Å². The van der Waals surface area contributed by atoms with E-state index >= 15 is 0 Å². The summed E-state index contributed by atoms with van der Waals surface area (Å²) in [6.07, 6.45) is 0. The van der Waals surface area contributed by atoms with Gasteiger partial charge in [0.15, 0.2) is 0 Å². The predicted molar refractivity (Wildman–Crippen MR) is 143 cm³/mol. The molecular formula is C30H34N2O4. The molecule has 1 aliphatic rings. The molecule has 1 amide bonds. The van der Waals surface area contributed by atoms with E-state index in [0.29, 0.717) is 24.4 Å². The maximum atomic E-state index is 13.5. The monoisotopic (exact) mass is 486 g/mol. The van der Waals surface area contributed by atoms with E-state index in [-0.39, 0.29) is 16.7 Å². The lowest BCUT2D eigenvalue weighted by Gasteiger charge is -2.27. The van der Waals surface area contributed by atoms with Crippen molar-refractivity contribution in [3.05, 3.63) is 82.9 Å². The number of rotatable bonds is 6. The van der Waals surface area contributed by atoms with Gasteiger partial charge in [0, 0.05) is 24.2 Å². The summed E-state index contributed by atoms with van der Waals surface area (Å²) in [5.41, 5.74) is 2.06. The summed E-state index contributed by atoms with van der Waals surface area (Å²) in [7, 11) is 5.46. The molecule has 0 aliphatic carbocycles. The highest BCUT2D eigenvalue weighted by Gasteiger charge is 2.46. The minimum atomic E-state index is -0.698. The molecule has 0 spiro atoms. The van der Waals surface area contributed by atoms with E-state index in [1.807, 2.05) is 67.5 Å². The van der Waals surface area contributed by atoms with Gasteiger partial charge in [0.1, 0.15) is 11.5 Å². The molecule has 3 aromatic carbocycles. The van der Waals surface area contributed by atoms with Crippen molar-refractivity contribution in [2.75, 3.05) is 34.3 Å². The van der Waals surface area contributed by atoms with Crippen molar-refractivity contribution < 1.29 is 19.4 Å². The van der Waals surface area contributed by atoms with Crippen LogP contribution in [0.3, 0.4) is 0 Å². The van der Waals surface area contributed by atoms with Crippen LogP contribution in [0.5, 0.6) is 5.75 Å². The van der Waals surface area contributed by atoms with E-state index in [0.717, 1.165) is 21.9 Å². The van der Waals surface area contributed by atoms with Gasteiger partial charge < -0.3 is 19.6 Å². The molecule has 0 bridgehead atoms. The van der Waals surface area contributed by atoms with Crippen molar-refractivity contribution in [3.63, 3.8) is 0 Å². The zero-order valence-electron chi connectivity index (χ0n) is 21.8. The fourth-order valence-corrected chi connectivity index (χ4v) is 4.83. The van der Waals surface area contributed by atoms with Gasteiger partial charge in [-0.2, -0.15) is 0 Å². The van der Waals surface area contributed by atoms with Gasteiger partial charge in [-0.25, -0.2) is 0 Å². The summed E-state index contributed by atoms with van der Waals surface area (Å²) in [4.78, 5) is 30.3. The standard InChI is InChI=1S/C30H34N2O4/c1-30(2,3)23-18-20(14-15-24(23)36-6)27(33)25-26(32(17-16-31(4)5)29(35)28(25)34)22-13-9-11-19-10-7-8-12-21(19)22/h7-15,18,26,33H,16-17H2,1-6H3/b27-25+. The summed E-state index contributed by atoms with van der Waals surface area (Å²) < 4.78 is 5.55. The number of amides is 1. The van der Waals surface area contributed by atoms with Crippen LogP contribution in [-0.4, -0.2) is 60.9 Å². The molecule has 1 fully saturated rings. The maximum absolute atomic E-state index is 13.5. The van der Waals surface area contributed by atoms with Crippen LogP contribution in [0.15, 0.2) is 66.2 Å². The van der Waals surface area contributed by atoms with Gasteiger partial charge in [-0.15, -0.1) is 0 Å².